The minimum atomic E-state index is -0.0978. The Morgan fingerprint density at radius 2 is 1.65 bits per heavy atom. The van der Waals surface area contributed by atoms with Crippen LogP contribution in [0.25, 0.3) is 0 Å². The molecule has 1 N–H and O–H groups in total. The average Bonchev–Trinajstić information content (AvgIpc) is 2.84. The summed E-state index contributed by atoms with van der Waals surface area (Å²) in [4.78, 5) is 15.0. The van der Waals surface area contributed by atoms with Gasteiger partial charge < -0.3 is 19.7 Å². The molecule has 1 aliphatic heterocycles. The fourth-order valence-corrected chi connectivity index (χ4v) is 3.60. The highest BCUT2D eigenvalue weighted by Gasteiger charge is 2.14. The van der Waals surface area contributed by atoms with E-state index in [0.717, 1.165) is 43.2 Å². The van der Waals surface area contributed by atoms with E-state index in [-0.39, 0.29) is 11.9 Å². The molecule has 5 nitrogen and oxygen atoms in total. The molecule has 3 aromatic rings. The van der Waals surface area contributed by atoms with Crippen LogP contribution in [0.3, 0.4) is 0 Å². The van der Waals surface area contributed by atoms with Gasteiger partial charge in [-0.1, -0.05) is 42.5 Å². The molecule has 1 amide bonds. The first kappa shape index (κ1) is 20.9. The third-order valence-corrected chi connectivity index (χ3v) is 5.48. The van der Waals surface area contributed by atoms with E-state index in [4.69, 9.17) is 9.47 Å². The zero-order chi connectivity index (χ0) is 21.5. The molecule has 1 saturated heterocycles. The summed E-state index contributed by atoms with van der Waals surface area (Å²) in [6.45, 7) is 5.87. The summed E-state index contributed by atoms with van der Waals surface area (Å²) in [7, 11) is 0. The van der Waals surface area contributed by atoms with Crippen molar-refractivity contribution >= 4 is 11.6 Å². The maximum absolute atomic E-state index is 12.7. The number of nitrogens with zero attached hydrogens (tertiary/aromatic N) is 1. The van der Waals surface area contributed by atoms with Gasteiger partial charge in [-0.05, 0) is 54.4 Å². The molecule has 0 aliphatic carbocycles. The van der Waals surface area contributed by atoms with E-state index >= 15 is 0 Å². The van der Waals surface area contributed by atoms with Crippen molar-refractivity contribution in [2.24, 2.45) is 0 Å². The summed E-state index contributed by atoms with van der Waals surface area (Å²) < 4.78 is 11.2. The van der Waals surface area contributed by atoms with Gasteiger partial charge in [0.25, 0.3) is 5.91 Å². The lowest BCUT2D eigenvalue weighted by Crippen LogP contribution is -2.36. The maximum atomic E-state index is 12.7. The van der Waals surface area contributed by atoms with Gasteiger partial charge >= 0.3 is 0 Å². The lowest BCUT2D eigenvalue weighted by molar-refractivity contribution is 0.0940. The molecule has 5 heteroatoms. The van der Waals surface area contributed by atoms with Crippen LogP contribution in [0.2, 0.25) is 0 Å². The Morgan fingerprint density at radius 3 is 2.32 bits per heavy atom. The van der Waals surface area contributed by atoms with Gasteiger partial charge in [-0.15, -0.1) is 0 Å². The number of rotatable bonds is 7. The predicted octanol–water partition coefficient (Wildman–Crippen LogP) is 4.59. The van der Waals surface area contributed by atoms with Gasteiger partial charge in [0, 0.05) is 24.3 Å². The number of ether oxygens (including phenoxy) is 2. The number of morpholine rings is 1. The Kier molecular flexibility index (Phi) is 6.85. The van der Waals surface area contributed by atoms with Crippen LogP contribution in [0.15, 0.2) is 78.9 Å². The van der Waals surface area contributed by atoms with Crippen molar-refractivity contribution in [3.8, 4) is 5.75 Å². The van der Waals surface area contributed by atoms with Gasteiger partial charge in [-0.2, -0.15) is 0 Å². The molecule has 0 radical (unpaired) electrons. The van der Waals surface area contributed by atoms with Crippen LogP contribution in [0.5, 0.6) is 5.75 Å². The molecular formula is C26H28N2O3. The van der Waals surface area contributed by atoms with E-state index in [2.05, 4.69) is 34.5 Å². The number of amides is 1. The number of benzene rings is 3. The van der Waals surface area contributed by atoms with Crippen LogP contribution in [0.1, 0.15) is 34.5 Å². The normalized spacial score (nSPS) is 14.7. The molecule has 0 saturated carbocycles. The zero-order valence-electron chi connectivity index (χ0n) is 17.8. The van der Waals surface area contributed by atoms with Crippen LogP contribution in [-0.4, -0.2) is 32.2 Å². The monoisotopic (exact) mass is 416 g/mol. The Hall–Kier alpha value is -3.31. The molecule has 1 fully saturated rings. The molecule has 3 aromatic carbocycles. The highest BCUT2D eigenvalue weighted by Crippen LogP contribution is 2.21. The SMILES string of the molecule is CC(NC(=O)c1ccc(OCc2ccccc2)cc1)c1ccc(N2CCOCC2)cc1. The zero-order valence-corrected chi connectivity index (χ0v) is 17.8. The van der Waals surface area contributed by atoms with Gasteiger partial charge in [-0.3, -0.25) is 4.79 Å². The summed E-state index contributed by atoms with van der Waals surface area (Å²) in [6.07, 6.45) is 0. The third kappa shape index (κ3) is 5.64. The molecule has 1 unspecified atom stereocenters. The second-order valence-electron chi connectivity index (χ2n) is 7.68. The van der Waals surface area contributed by atoms with E-state index in [9.17, 15) is 4.79 Å². The smallest absolute Gasteiger partial charge is 0.251 e. The average molecular weight is 417 g/mol. The molecule has 160 valence electrons. The van der Waals surface area contributed by atoms with Crippen molar-refractivity contribution < 1.29 is 14.3 Å². The highest BCUT2D eigenvalue weighted by atomic mass is 16.5. The Morgan fingerprint density at radius 1 is 0.968 bits per heavy atom. The Labute approximate surface area is 183 Å². The summed E-state index contributed by atoms with van der Waals surface area (Å²) in [6, 6.07) is 25.6. The summed E-state index contributed by atoms with van der Waals surface area (Å²) in [5.41, 5.74) is 3.99. The number of hydrogen-bond acceptors (Lipinski definition) is 4. The quantitative estimate of drug-likeness (QED) is 0.612. The molecule has 0 bridgehead atoms. The van der Waals surface area contributed by atoms with Gasteiger partial charge in [0.2, 0.25) is 0 Å². The summed E-state index contributed by atoms with van der Waals surface area (Å²) in [5.74, 6) is 0.645. The van der Waals surface area contributed by atoms with Crippen LogP contribution >= 0.6 is 0 Å². The first-order chi connectivity index (χ1) is 15.2. The number of anilines is 1. The third-order valence-electron chi connectivity index (χ3n) is 5.48. The predicted molar refractivity (Wildman–Crippen MR) is 123 cm³/mol. The molecule has 1 aliphatic rings. The molecule has 4 rings (SSSR count). The van der Waals surface area contributed by atoms with Crippen LogP contribution in [0, 0.1) is 0 Å². The van der Waals surface area contributed by atoms with Crippen molar-refractivity contribution in [3.05, 3.63) is 95.6 Å². The minimum absolute atomic E-state index is 0.0831. The van der Waals surface area contributed by atoms with Gasteiger partial charge in [-0.25, -0.2) is 0 Å². The standard InChI is InChI=1S/C26H28N2O3/c1-20(22-7-11-24(12-8-22)28-15-17-30-18-16-28)27-26(29)23-9-13-25(14-10-23)31-19-21-5-3-2-4-6-21/h2-14,20H,15-19H2,1H3,(H,27,29). The van der Waals surface area contributed by atoms with Gasteiger partial charge in [0.1, 0.15) is 12.4 Å². The first-order valence-corrected chi connectivity index (χ1v) is 10.7. The van der Waals surface area contributed by atoms with Crippen molar-refractivity contribution in [1.29, 1.82) is 0 Å². The highest BCUT2D eigenvalue weighted by molar-refractivity contribution is 5.94. The van der Waals surface area contributed by atoms with E-state index < -0.39 is 0 Å². The molecule has 0 spiro atoms. The summed E-state index contributed by atoms with van der Waals surface area (Å²) >= 11 is 0. The lowest BCUT2D eigenvalue weighted by atomic mass is 10.1. The van der Waals surface area contributed by atoms with Gasteiger partial charge in [0.15, 0.2) is 0 Å². The summed E-state index contributed by atoms with van der Waals surface area (Å²) in [5, 5.41) is 3.08. The van der Waals surface area contributed by atoms with Crippen molar-refractivity contribution in [3.63, 3.8) is 0 Å². The maximum Gasteiger partial charge on any atom is 0.251 e. The first-order valence-electron chi connectivity index (χ1n) is 10.7. The topological polar surface area (TPSA) is 50.8 Å². The number of carbonyl (C=O) groups is 1. The molecule has 31 heavy (non-hydrogen) atoms. The Balaban J connectivity index is 1.31. The Bertz CT molecular complexity index is 966. The van der Waals surface area contributed by atoms with Crippen LogP contribution in [0.4, 0.5) is 5.69 Å². The number of hydrogen-bond donors (Lipinski definition) is 1. The fourth-order valence-electron chi connectivity index (χ4n) is 3.60. The van der Waals surface area contributed by atoms with Crippen molar-refractivity contribution in [2.45, 2.75) is 19.6 Å². The van der Waals surface area contributed by atoms with Crippen LogP contribution in [-0.2, 0) is 11.3 Å². The van der Waals surface area contributed by atoms with E-state index in [0.29, 0.717) is 12.2 Å². The largest absolute Gasteiger partial charge is 0.489 e. The fraction of sp³-hybridized carbons (Fsp3) is 0.269. The number of nitrogens with one attached hydrogen (secondary N) is 1. The van der Waals surface area contributed by atoms with Crippen LogP contribution < -0.4 is 15.0 Å². The van der Waals surface area contributed by atoms with E-state index in [1.54, 1.807) is 12.1 Å². The lowest BCUT2D eigenvalue weighted by Gasteiger charge is -2.29. The minimum Gasteiger partial charge on any atom is -0.489 e. The second kappa shape index (κ2) is 10.1. The molecule has 0 aromatic heterocycles. The molecule has 1 atom stereocenters. The van der Waals surface area contributed by atoms with Crippen molar-refractivity contribution in [1.82, 2.24) is 5.32 Å². The molecule has 1 heterocycles. The van der Waals surface area contributed by atoms with E-state index in [1.807, 2.05) is 49.4 Å². The van der Waals surface area contributed by atoms with E-state index in [1.165, 1.54) is 5.69 Å². The van der Waals surface area contributed by atoms with Gasteiger partial charge in [0.05, 0.1) is 19.3 Å². The number of carbonyl (C=O) groups excluding carboxylic acids is 1. The van der Waals surface area contributed by atoms with Crippen molar-refractivity contribution in [2.75, 3.05) is 31.2 Å². The second-order valence-corrected chi connectivity index (χ2v) is 7.68. The molecular weight excluding hydrogens is 388 g/mol.